The van der Waals surface area contributed by atoms with Crippen LogP contribution >= 0.6 is 11.6 Å². The molecule has 0 aromatic heterocycles. The first-order chi connectivity index (χ1) is 8.17. The summed E-state index contributed by atoms with van der Waals surface area (Å²) in [6, 6.07) is 8.72. The number of aryl methyl sites for hydroxylation is 1. The number of benzene rings is 1. The molecule has 1 rings (SSSR count). The molecule has 0 nitrogen and oxygen atoms in total. The monoisotopic (exact) mass is 252 g/mol. The highest BCUT2D eigenvalue weighted by Gasteiger charge is 2.18. The Bertz CT molecular complexity index is 313. The van der Waals surface area contributed by atoms with Crippen molar-refractivity contribution in [2.24, 2.45) is 5.92 Å². The van der Waals surface area contributed by atoms with Crippen LogP contribution in [0.1, 0.15) is 50.7 Å². The predicted molar refractivity (Wildman–Crippen MR) is 77.8 cm³/mol. The molecule has 1 heteroatoms. The molecule has 0 aliphatic carbocycles. The van der Waals surface area contributed by atoms with Crippen molar-refractivity contribution in [3.05, 3.63) is 35.4 Å². The highest BCUT2D eigenvalue weighted by Crippen LogP contribution is 2.25. The molecule has 0 N–H and O–H groups in total. The molecule has 1 aromatic rings. The highest BCUT2D eigenvalue weighted by atomic mass is 35.5. The van der Waals surface area contributed by atoms with Gasteiger partial charge >= 0.3 is 0 Å². The molecule has 0 spiro atoms. The van der Waals surface area contributed by atoms with Gasteiger partial charge in [0.15, 0.2) is 0 Å². The van der Waals surface area contributed by atoms with E-state index in [1.165, 1.54) is 36.8 Å². The van der Waals surface area contributed by atoms with Crippen molar-refractivity contribution in [3.8, 4) is 0 Å². The SMILES string of the molecule is CCCC(CCC)C(Cl)Cc1cccc(C)c1. The van der Waals surface area contributed by atoms with Gasteiger partial charge in [0, 0.05) is 5.38 Å². The minimum Gasteiger partial charge on any atom is -0.122 e. The Kier molecular flexibility index (Phi) is 6.65. The normalized spacial score (nSPS) is 13.0. The summed E-state index contributed by atoms with van der Waals surface area (Å²) >= 11 is 6.59. The molecule has 1 unspecified atom stereocenters. The molecule has 17 heavy (non-hydrogen) atoms. The third-order valence-corrected chi connectivity index (χ3v) is 3.85. The van der Waals surface area contributed by atoms with E-state index >= 15 is 0 Å². The van der Waals surface area contributed by atoms with E-state index in [9.17, 15) is 0 Å². The van der Waals surface area contributed by atoms with E-state index in [0.717, 1.165) is 6.42 Å². The fourth-order valence-electron chi connectivity index (χ4n) is 2.48. The Morgan fingerprint density at radius 3 is 2.29 bits per heavy atom. The maximum atomic E-state index is 6.59. The van der Waals surface area contributed by atoms with Gasteiger partial charge in [0.05, 0.1) is 0 Å². The first-order valence-electron chi connectivity index (χ1n) is 6.87. The van der Waals surface area contributed by atoms with Crippen LogP contribution in [0.4, 0.5) is 0 Å². The van der Waals surface area contributed by atoms with E-state index in [1.807, 2.05) is 0 Å². The van der Waals surface area contributed by atoms with Crippen LogP contribution < -0.4 is 0 Å². The number of hydrogen-bond acceptors (Lipinski definition) is 0. The second-order valence-corrected chi connectivity index (χ2v) is 5.61. The van der Waals surface area contributed by atoms with Crippen LogP contribution in [0.2, 0.25) is 0 Å². The van der Waals surface area contributed by atoms with Crippen LogP contribution in [0.3, 0.4) is 0 Å². The van der Waals surface area contributed by atoms with Crippen molar-refractivity contribution < 1.29 is 0 Å². The lowest BCUT2D eigenvalue weighted by Gasteiger charge is -2.21. The van der Waals surface area contributed by atoms with Gasteiger partial charge in [-0.05, 0) is 37.7 Å². The topological polar surface area (TPSA) is 0 Å². The van der Waals surface area contributed by atoms with Crippen molar-refractivity contribution in [1.29, 1.82) is 0 Å². The molecule has 0 bridgehead atoms. The van der Waals surface area contributed by atoms with Gasteiger partial charge < -0.3 is 0 Å². The molecular formula is C16H25Cl. The van der Waals surface area contributed by atoms with Crippen molar-refractivity contribution >= 4 is 11.6 Å². The lowest BCUT2D eigenvalue weighted by molar-refractivity contribution is 0.418. The van der Waals surface area contributed by atoms with Crippen molar-refractivity contribution in [2.75, 3.05) is 0 Å². The second kappa shape index (κ2) is 7.76. The maximum absolute atomic E-state index is 6.59. The molecule has 1 aromatic carbocycles. The van der Waals surface area contributed by atoms with Gasteiger partial charge in [0.25, 0.3) is 0 Å². The van der Waals surface area contributed by atoms with Gasteiger partial charge in [0.1, 0.15) is 0 Å². The van der Waals surface area contributed by atoms with Crippen LogP contribution in [-0.2, 0) is 6.42 Å². The van der Waals surface area contributed by atoms with Gasteiger partial charge in [-0.3, -0.25) is 0 Å². The zero-order valence-electron chi connectivity index (χ0n) is 11.4. The molecule has 0 saturated carbocycles. The van der Waals surface area contributed by atoms with Crippen LogP contribution in [0.5, 0.6) is 0 Å². The summed E-state index contributed by atoms with van der Waals surface area (Å²) in [6.07, 6.45) is 6.00. The predicted octanol–water partition coefficient (Wildman–Crippen LogP) is 5.36. The van der Waals surface area contributed by atoms with Gasteiger partial charge in [-0.1, -0.05) is 56.5 Å². The van der Waals surface area contributed by atoms with E-state index in [2.05, 4.69) is 45.0 Å². The molecule has 0 aliphatic heterocycles. The summed E-state index contributed by atoms with van der Waals surface area (Å²) in [5, 5.41) is 0.289. The number of hydrogen-bond donors (Lipinski definition) is 0. The fourth-order valence-corrected chi connectivity index (χ4v) is 2.91. The van der Waals surface area contributed by atoms with Gasteiger partial charge in [0.2, 0.25) is 0 Å². The quantitative estimate of drug-likeness (QED) is 0.573. The van der Waals surface area contributed by atoms with Gasteiger partial charge in [-0.2, -0.15) is 0 Å². The molecule has 0 radical (unpaired) electrons. The van der Waals surface area contributed by atoms with Crippen molar-refractivity contribution in [3.63, 3.8) is 0 Å². The summed E-state index contributed by atoms with van der Waals surface area (Å²) in [6.45, 7) is 6.64. The highest BCUT2D eigenvalue weighted by molar-refractivity contribution is 6.20. The molecule has 0 aliphatic rings. The first-order valence-corrected chi connectivity index (χ1v) is 7.30. The summed E-state index contributed by atoms with van der Waals surface area (Å²) < 4.78 is 0. The Morgan fingerprint density at radius 1 is 1.12 bits per heavy atom. The third-order valence-electron chi connectivity index (χ3n) is 3.34. The maximum Gasteiger partial charge on any atom is 0.0404 e. The number of halogens is 1. The van der Waals surface area contributed by atoms with E-state index in [0.29, 0.717) is 5.92 Å². The van der Waals surface area contributed by atoms with E-state index < -0.39 is 0 Å². The molecule has 0 fully saturated rings. The summed E-state index contributed by atoms with van der Waals surface area (Å²) in [5.74, 6) is 0.673. The van der Waals surface area contributed by atoms with Crippen LogP contribution in [0, 0.1) is 12.8 Å². The van der Waals surface area contributed by atoms with Crippen LogP contribution in [0.15, 0.2) is 24.3 Å². The van der Waals surface area contributed by atoms with Crippen LogP contribution in [-0.4, -0.2) is 5.38 Å². The van der Waals surface area contributed by atoms with E-state index in [4.69, 9.17) is 11.6 Å². The number of rotatable bonds is 7. The van der Waals surface area contributed by atoms with E-state index in [-0.39, 0.29) is 5.38 Å². The van der Waals surface area contributed by atoms with Gasteiger partial charge in [-0.25, -0.2) is 0 Å². The molecule has 0 amide bonds. The molecule has 96 valence electrons. The minimum absolute atomic E-state index is 0.289. The smallest absolute Gasteiger partial charge is 0.0404 e. The minimum atomic E-state index is 0.289. The second-order valence-electron chi connectivity index (χ2n) is 5.05. The average Bonchev–Trinajstić information content (AvgIpc) is 2.28. The zero-order valence-corrected chi connectivity index (χ0v) is 12.1. The molecule has 0 heterocycles. The summed E-state index contributed by atoms with van der Waals surface area (Å²) in [7, 11) is 0. The summed E-state index contributed by atoms with van der Waals surface area (Å²) in [4.78, 5) is 0. The lowest BCUT2D eigenvalue weighted by Crippen LogP contribution is -2.17. The Hall–Kier alpha value is -0.490. The Balaban J connectivity index is 2.59. The standard InChI is InChI=1S/C16H25Cl/c1-4-7-15(8-5-2)16(17)12-14-10-6-9-13(3)11-14/h6,9-11,15-16H,4-5,7-8,12H2,1-3H3. The van der Waals surface area contributed by atoms with Crippen LogP contribution in [0.25, 0.3) is 0 Å². The van der Waals surface area contributed by atoms with Crippen molar-refractivity contribution in [1.82, 2.24) is 0 Å². The fraction of sp³-hybridized carbons (Fsp3) is 0.625. The van der Waals surface area contributed by atoms with E-state index in [1.54, 1.807) is 0 Å². The zero-order chi connectivity index (χ0) is 12.7. The first kappa shape index (κ1) is 14.6. The Labute approximate surface area is 111 Å². The average molecular weight is 253 g/mol. The van der Waals surface area contributed by atoms with Gasteiger partial charge in [-0.15, -0.1) is 11.6 Å². The Morgan fingerprint density at radius 2 is 1.76 bits per heavy atom. The number of alkyl halides is 1. The van der Waals surface area contributed by atoms with Crippen molar-refractivity contribution in [2.45, 2.75) is 58.3 Å². The molecule has 1 atom stereocenters. The third kappa shape index (κ3) is 5.12. The molecule has 0 saturated heterocycles. The lowest BCUT2D eigenvalue weighted by atomic mass is 9.91. The summed E-state index contributed by atoms with van der Waals surface area (Å²) in [5.41, 5.74) is 2.70. The molecular weight excluding hydrogens is 228 g/mol. The largest absolute Gasteiger partial charge is 0.122 e.